The molecular formula is C12H20N2O. The summed E-state index contributed by atoms with van der Waals surface area (Å²) in [5.74, 6) is 0.137. The fraction of sp³-hybridized carbons (Fsp3) is 0.750. The zero-order chi connectivity index (χ0) is 10.7. The molecule has 3 nitrogen and oxygen atoms in total. The molecule has 3 N–H and O–H groups in total. The number of rotatable bonds is 3. The van der Waals surface area contributed by atoms with Gasteiger partial charge in [0.25, 0.3) is 0 Å². The van der Waals surface area contributed by atoms with Gasteiger partial charge in [0.15, 0.2) is 0 Å². The third-order valence-corrected chi connectivity index (χ3v) is 3.50. The predicted octanol–water partition coefficient (Wildman–Crippen LogP) is 1.48. The Labute approximate surface area is 91.1 Å². The maximum absolute atomic E-state index is 11.7. The van der Waals surface area contributed by atoms with Gasteiger partial charge in [-0.05, 0) is 38.5 Å². The van der Waals surface area contributed by atoms with Crippen molar-refractivity contribution in [1.82, 2.24) is 5.32 Å². The van der Waals surface area contributed by atoms with Crippen molar-refractivity contribution in [2.45, 2.75) is 56.5 Å². The highest BCUT2D eigenvalue weighted by molar-refractivity contribution is 5.77. The fourth-order valence-corrected chi connectivity index (χ4v) is 2.33. The van der Waals surface area contributed by atoms with E-state index in [1.54, 1.807) is 0 Å². The van der Waals surface area contributed by atoms with Crippen molar-refractivity contribution in [2.75, 3.05) is 0 Å². The van der Waals surface area contributed by atoms with Crippen LogP contribution in [0.25, 0.3) is 0 Å². The lowest BCUT2D eigenvalue weighted by atomic mass is 9.75. The smallest absolute Gasteiger partial charge is 0.222 e. The van der Waals surface area contributed by atoms with E-state index in [2.05, 4.69) is 17.5 Å². The second-order valence-corrected chi connectivity index (χ2v) is 4.94. The maximum Gasteiger partial charge on any atom is 0.222 e. The highest BCUT2D eigenvalue weighted by Crippen LogP contribution is 2.32. The average Bonchev–Trinajstić information content (AvgIpc) is 2.16. The van der Waals surface area contributed by atoms with Crippen LogP contribution in [0.15, 0.2) is 12.2 Å². The minimum absolute atomic E-state index is 0.137. The van der Waals surface area contributed by atoms with Gasteiger partial charge in [0.05, 0.1) is 0 Å². The van der Waals surface area contributed by atoms with E-state index in [9.17, 15) is 4.79 Å². The van der Waals surface area contributed by atoms with Crippen molar-refractivity contribution < 1.29 is 4.79 Å². The van der Waals surface area contributed by atoms with Gasteiger partial charge in [-0.2, -0.15) is 0 Å². The molecule has 0 spiro atoms. The SMILES string of the molecule is NC1(CC(=O)NC2CC=CCC2)CCC1. The average molecular weight is 208 g/mol. The second-order valence-electron chi connectivity index (χ2n) is 4.94. The molecule has 15 heavy (non-hydrogen) atoms. The highest BCUT2D eigenvalue weighted by atomic mass is 16.1. The summed E-state index contributed by atoms with van der Waals surface area (Å²) < 4.78 is 0. The molecular weight excluding hydrogens is 188 g/mol. The quantitative estimate of drug-likeness (QED) is 0.690. The first-order chi connectivity index (χ1) is 7.18. The second kappa shape index (κ2) is 4.35. The summed E-state index contributed by atoms with van der Waals surface area (Å²) in [5.41, 5.74) is 5.85. The van der Waals surface area contributed by atoms with Crippen LogP contribution < -0.4 is 11.1 Å². The first-order valence-electron chi connectivity index (χ1n) is 5.91. The van der Waals surface area contributed by atoms with Gasteiger partial charge in [-0.1, -0.05) is 12.2 Å². The molecule has 1 fully saturated rings. The number of hydrogen-bond donors (Lipinski definition) is 2. The molecule has 1 saturated carbocycles. The standard InChI is InChI=1S/C12H20N2O/c13-12(7-4-8-12)9-11(15)14-10-5-2-1-3-6-10/h1-2,10H,3-9,13H2,(H,14,15). The van der Waals surface area contributed by atoms with E-state index in [1.165, 1.54) is 6.42 Å². The first kappa shape index (κ1) is 10.7. The lowest BCUT2D eigenvalue weighted by Crippen LogP contribution is -2.51. The Morgan fingerprint density at radius 1 is 1.47 bits per heavy atom. The van der Waals surface area contributed by atoms with Crippen LogP contribution in [0.3, 0.4) is 0 Å². The molecule has 0 aliphatic heterocycles. The molecule has 0 heterocycles. The molecule has 0 saturated heterocycles. The van der Waals surface area contributed by atoms with E-state index < -0.39 is 0 Å². The molecule has 0 aromatic rings. The summed E-state index contributed by atoms with van der Waals surface area (Å²) >= 11 is 0. The summed E-state index contributed by atoms with van der Waals surface area (Å²) in [7, 11) is 0. The van der Waals surface area contributed by atoms with E-state index in [4.69, 9.17) is 5.73 Å². The Balaban J connectivity index is 1.74. The van der Waals surface area contributed by atoms with Crippen molar-refractivity contribution in [1.29, 1.82) is 0 Å². The molecule has 2 aliphatic rings. The number of nitrogens with two attached hydrogens (primary N) is 1. The largest absolute Gasteiger partial charge is 0.353 e. The summed E-state index contributed by atoms with van der Waals surface area (Å²) in [6, 6.07) is 0.339. The Bertz CT molecular complexity index is 269. The van der Waals surface area contributed by atoms with Crippen LogP contribution in [-0.4, -0.2) is 17.5 Å². The molecule has 84 valence electrons. The van der Waals surface area contributed by atoms with E-state index in [-0.39, 0.29) is 11.4 Å². The van der Waals surface area contributed by atoms with Crippen molar-refractivity contribution >= 4 is 5.91 Å². The monoisotopic (exact) mass is 208 g/mol. The Morgan fingerprint density at radius 2 is 2.27 bits per heavy atom. The first-order valence-corrected chi connectivity index (χ1v) is 5.91. The van der Waals surface area contributed by atoms with Crippen molar-refractivity contribution in [3.05, 3.63) is 12.2 Å². The van der Waals surface area contributed by atoms with E-state index >= 15 is 0 Å². The molecule has 2 aliphatic carbocycles. The third-order valence-electron chi connectivity index (χ3n) is 3.50. The predicted molar refractivity (Wildman–Crippen MR) is 60.3 cm³/mol. The Morgan fingerprint density at radius 3 is 2.80 bits per heavy atom. The molecule has 1 unspecified atom stereocenters. The van der Waals surface area contributed by atoms with Crippen LogP contribution in [0.1, 0.15) is 44.9 Å². The van der Waals surface area contributed by atoms with E-state index in [0.29, 0.717) is 12.5 Å². The van der Waals surface area contributed by atoms with Crippen LogP contribution in [-0.2, 0) is 4.79 Å². The maximum atomic E-state index is 11.7. The minimum Gasteiger partial charge on any atom is -0.353 e. The lowest BCUT2D eigenvalue weighted by Gasteiger charge is -2.37. The van der Waals surface area contributed by atoms with Gasteiger partial charge < -0.3 is 11.1 Å². The van der Waals surface area contributed by atoms with E-state index in [0.717, 1.165) is 32.1 Å². The summed E-state index contributed by atoms with van der Waals surface area (Å²) in [6.45, 7) is 0. The highest BCUT2D eigenvalue weighted by Gasteiger charge is 2.34. The minimum atomic E-state index is -0.186. The van der Waals surface area contributed by atoms with Crippen LogP contribution in [0.5, 0.6) is 0 Å². The molecule has 0 bridgehead atoms. The van der Waals surface area contributed by atoms with Gasteiger partial charge in [-0.25, -0.2) is 0 Å². The van der Waals surface area contributed by atoms with Gasteiger partial charge in [0, 0.05) is 18.0 Å². The van der Waals surface area contributed by atoms with Gasteiger partial charge in [0.2, 0.25) is 5.91 Å². The molecule has 0 aromatic heterocycles. The molecule has 1 atom stereocenters. The van der Waals surface area contributed by atoms with Crippen LogP contribution in [0, 0.1) is 0 Å². The van der Waals surface area contributed by atoms with Crippen molar-refractivity contribution in [3.8, 4) is 0 Å². The number of allylic oxidation sites excluding steroid dienone is 1. The Hall–Kier alpha value is -0.830. The number of amides is 1. The number of hydrogen-bond acceptors (Lipinski definition) is 2. The topological polar surface area (TPSA) is 55.1 Å². The number of carbonyl (C=O) groups is 1. The van der Waals surface area contributed by atoms with Gasteiger partial charge >= 0.3 is 0 Å². The zero-order valence-electron chi connectivity index (χ0n) is 9.17. The van der Waals surface area contributed by atoms with Gasteiger partial charge in [-0.3, -0.25) is 4.79 Å². The zero-order valence-corrected chi connectivity index (χ0v) is 9.17. The van der Waals surface area contributed by atoms with Crippen molar-refractivity contribution in [3.63, 3.8) is 0 Å². The summed E-state index contributed by atoms with van der Waals surface area (Å²) in [5, 5.41) is 3.07. The third kappa shape index (κ3) is 2.81. The molecule has 2 rings (SSSR count). The number of nitrogens with one attached hydrogen (secondary N) is 1. The molecule has 1 amide bonds. The molecule has 0 aromatic carbocycles. The van der Waals surface area contributed by atoms with Gasteiger partial charge in [0.1, 0.15) is 0 Å². The molecule has 0 radical (unpaired) electrons. The summed E-state index contributed by atoms with van der Waals surface area (Å²) in [4.78, 5) is 11.7. The summed E-state index contributed by atoms with van der Waals surface area (Å²) in [6.07, 6.45) is 11.1. The Kier molecular flexibility index (Phi) is 3.10. The van der Waals surface area contributed by atoms with E-state index in [1.807, 2.05) is 0 Å². The van der Waals surface area contributed by atoms with Gasteiger partial charge in [-0.15, -0.1) is 0 Å². The van der Waals surface area contributed by atoms with Crippen molar-refractivity contribution in [2.24, 2.45) is 5.73 Å². The van der Waals surface area contributed by atoms with Crippen LogP contribution in [0.4, 0.5) is 0 Å². The lowest BCUT2D eigenvalue weighted by molar-refractivity contribution is -0.123. The number of carbonyl (C=O) groups excluding carboxylic acids is 1. The molecule has 3 heteroatoms. The van der Waals surface area contributed by atoms with Crippen LogP contribution >= 0.6 is 0 Å². The fourth-order valence-electron chi connectivity index (χ4n) is 2.33. The normalized spacial score (nSPS) is 28.2. The van der Waals surface area contributed by atoms with Crippen LogP contribution in [0.2, 0.25) is 0 Å².